The van der Waals surface area contributed by atoms with E-state index >= 15 is 0 Å². The zero-order valence-electron chi connectivity index (χ0n) is 12.3. The van der Waals surface area contributed by atoms with Gasteiger partial charge in [-0.1, -0.05) is 6.92 Å². The molecule has 0 aromatic carbocycles. The maximum Gasteiger partial charge on any atom is 0.0565 e. The molecule has 2 rings (SSSR count). The molecule has 0 amide bonds. The van der Waals surface area contributed by atoms with Crippen molar-refractivity contribution in [3.63, 3.8) is 0 Å². The molecule has 1 saturated heterocycles. The molecule has 1 saturated carbocycles. The summed E-state index contributed by atoms with van der Waals surface area (Å²) < 4.78 is 5.87. The zero-order chi connectivity index (χ0) is 13.1. The largest absolute Gasteiger partial charge is 0.375 e. The van der Waals surface area contributed by atoms with Gasteiger partial charge in [-0.2, -0.15) is 0 Å². The lowest BCUT2D eigenvalue weighted by Gasteiger charge is -2.44. The molecule has 0 bridgehead atoms. The zero-order valence-corrected chi connectivity index (χ0v) is 12.3. The monoisotopic (exact) mass is 254 g/mol. The van der Waals surface area contributed by atoms with Gasteiger partial charge in [0.05, 0.1) is 12.2 Å². The number of rotatable bonds is 3. The predicted molar refractivity (Wildman–Crippen MR) is 75.6 cm³/mol. The third kappa shape index (κ3) is 3.46. The fraction of sp³-hybridized carbons (Fsp3) is 1.00. The van der Waals surface area contributed by atoms with Gasteiger partial charge in [-0.15, -0.1) is 0 Å². The quantitative estimate of drug-likeness (QED) is 0.841. The Labute approximate surface area is 112 Å². The van der Waals surface area contributed by atoms with Crippen LogP contribution in [0.1, 0.15) is 59.3 Å². The van der Waals surface area contributed by atoms with Gasteiger partial charge in [-0.25, -0.2) is 0 Å². The van der Waals surface area contributed by atoms with Crippen LogP contribution in [0.4, 0.5) is 0 Å². The molecule has 106 valence electrons. The lowest BCUT2D eigenvalue weighted by atomic mass is 9.88. The molecule has 1 aliphatic carbocycles. The third-order valence-corrected chi connectivity index (χ3v) is 4.72. The van der Waals surface area contributed by atoms with Crippen molar-refractivity contribution in [3.05, 3.63) is 0 Å². The Morgan fingerprint density at radius 3 is 2.06 bits per heavy atom. The van der Waals surface area contributed by atoms with Crippen molar-refractivity contribution in [2.45, 2.75) is 89.6 Å². The Morgan fingerprint density at radius 2 is 1.56 bits per heavy atom. The summed E-state index contributed by atoms with van der Waals surface area (Å²) in [6, 6.07) is 1.93. The van der Waals surface area contributed by atoms with E-state index in [4.69, 9.17) is 10.5 Å². The van der Waals surface area contributed by atoms with E-state index in [-0.39, 0.29) is 0 Å². The molecular weight excluding hydrogens is 224 g/mol. The van der Waals surface area contributed by atoms with Crippen LogP contribution in [0.5, 0.6) is 0 Å². The molecule has 1 heterocycles. The summed E-state index contributed by atoms with van der Waals surface area (Å²) in [5.41, 5.74) is 6.02. The highest BCUT2D eigenvalue weighted by molar-refractivity contribution is 4.88. The number of ether oxygens (including phenoxy) is 1. The molecule has 2 aliphatic rings. The lowest BCUT2D eigenvalue weighted by Crippen LogP contribution is -2.50. The summed E-state index contributed by atoms with van der Waals surface area (Å²) in [6.07, 6.45) is 8.20. The first kappa shape index (κ1) is 14.3. The standard InChI is InChI=1S/C15H30N2O/c1-4-17(14-7-5-13(16)6-8-14)15-9-11(2)18-12(3)10-15/h11-15H,4-10,16H2,1-3H3. The first-order valence-electron chi connectivity index (χ1n) is 7.77. The predicted octanol–water partition coefficient (Wildman–Crippen LogP) is 2.53. The van der Waals surface area contributed by atoms with Gasteiger partial charge in [0, 0.05) is 18.1 Å². The van der Waals surface area contributed by atoms with Gasteiger partial charge < -0.3 is 10.5 Å². The Kier molecular flexibility index (Phi) is 5.05. The van der Waals surface area contributed by atoms with Crippen LogP contribution in [0.25, 0.3) is 0 Å². The molecule has 3 nitrogen and oxygen atoms in total. The van der Waals surface area contributed by atoms with Crippen LogP contribution < -0.4 is 5.73 Å². The molecule has 0 spiro atoms. The fourth-order valence-corrected chi connectivity index (χ4v) is 3.89. The summed E-state index contributed by atoms with van der Waals surface area (Å²) in [5.74, 6) is 0. The van der Waals surface area contributed by atoms with Gasteiger partial charge >= 0.3 is 0 Å². The molecule has 2 atom stereocenters. The minimum atomic E-state index is 0.415. The Balaban J connectivity index is 1.95. The third-order valence-electron chi connectivity index (χ3n) is 4.72. The van der Waals surface area contributed by atoms with Crippen molar-refractivity contribution in [2.75, 3.05) is 6.54 Å². The number of nitrogens with two attached hydrogens (primary N) is 1. The highest BCUT2D eigenvalue weighted by atomic mass is 16.5. The molecule has 1 aliphatic heterocycles. The van der Waals surface area contributed by atoms with Crippen LogP contribution >= 0.6 is 0 Å². The average molecular weight is 254 g/mol. The van der Waals surface area contributed by atoms with Crippen molar-refractivity contribution < 1.29 is 4.74 Å². The second-order valence-corrected chi connectivity index (χ2v) is 6.28. The molecule has 18 heavy (non-hydrogen) atoms. The highest BCUT2D eigenvalue weighted by Crippen LogP contribution is 2.29. The van der Waals surface area contributed by atoms with E-state index in [1.807, 2.05) is 0 Å². The van der Waals surface area contributed by atoms with Crippen molar-refractivity contribution in [1.29, 1.82) is 0 Å². The Bertz CT molecular complexity index is 241. The van der Waals surface area contributed by atoms with Gasteiger partial charge in [-0.05, 0) is 58.9 Å². The van der Waals surface area contributed by atoms with Crippen molar-refractivity contribution >= 4 is 0 Å². The molecule has 2 N–H and O–H groups in total. The van der Waals surface area contributed by atoms with Crippen molar-refractivity contribution in [3.8, 4) is 0 Å². The second-order valence-electron chi connectivity index (χ2n) is 6.28. The number of hydrogen-bond donors (Lipinski definition) is 1. The van der Waals surface area contributed by atoms with Crippen molar-refractivity contribution in [1.82, 2.24) is 4.90 Å². The SMILES string of the molecule is CCN(C1CCC(N)CC1)C1CC(C)OC(C)C1. The van der Waals surface area contributed by atoms with Gasteiger partial charge in [-0.3, -0.25) is 4.90 Å². The molecule has 0 radical (unpaired) electrons. The maximum atomic E-state index is 6.02. The first-order chi connectivity index (χ1) is 8.60. The minimum Gasteiger partial charge on any atom is -0.375 e. The lowest BCUT2D eigenvalue weighted by molar-refractivity contribution is -0.0740. The molecule has 3 heteroatoms. The molecule has 0 aromatic heterocycles. The van der Waals surface area contributed by atoms with Gasteiger partial charge in [0.1, 0.15) is 0 Å². The molecule has 0 aromatic rings. The summed E-state index contributed by atoms with van der Waals surface area (Å²) in [4.78, 5) is 2.74. The van der Waals surface area contributed by atoms with Crippen LogP contribution in [0.15, 0.2) is 0 Å². The minimum absolute atomic E-state index is 0.415. The fourth-order valence-electron chi connectivity index (χ4n) is 3.89. The normalized spacial score (nSPS) is 42.2. The van der Waals surface area contributed by atoms with Gasteiger partial charge in [0.25, 0.3) is 0 Å². The van der Waals surface area contributed by atoms with E-state index in [1.54, 1.807) is 0 Å². The van der Waals surface area contributed by atoms with Crippen LogP contribution in [0, 0.1) is 0 Å². The smallest absolute Gasteiger partial charge is 0.0565 e. The van der Waals surface area contributed by atoms with Crippen LogP contribution in [0.3, 0.4) is 0 Å². The molecular formula is C15H30N2O. The summed E-state index contributed by atoms with van der Waals surface area (Å²) >= 11 is 0. The van der Waals surface area contributed by atoms with Crippen LogP contribution in [-0.4, -0.2) is 41.8 Å². The van der Waals surface area contributed by atoms with E-state index in [2.05, 4.69) is 25.7 Å². The van der Waals surface area contributed by atoms with Crippen LogP contribution in [-0.2, 0) is 4.74 Å². The van der Waals surface area contributed by atoms with Gasteiger partial charge in [0.2, 0.25) is 0 Å². The summed E-state index contributed by atoms with van der Waals surface area (Å²) in [7, 11) is 0. The average Bonchev–Trinajstić information content (AvgIpc) is 2.31. The topological polar surface area (TPSA) is 38.5 Å². The number of hydrogen-bond acceptors (Lipinski definition) is 3. The van der Waals surface area contributed by atoms with E-state index < -0.39 is 0 Å². The molecule has 2 unspecified atom stereocenters. The maximum absolute atomic E-state index is 6.02. The first-order valence-corrected chi connectivity index (χ1v) is 7.77. The molecule has 2 fully saturated rings. The van der Waals surface area contributed by atoms with E-state index in [0.717, 1.165) is 6.04 Å². The van der Waals surface area contributed by atoms with E-state index in [9.17, 15) is 0 Å². The van der Waals surface area contributed by atoms with E-state index in [0.29, 0.717) is 24.3 Å². The second kappa shape index (κ2) is 6.36. The Hall–Kier alpha value is -0.120. The Morgan fingerprint density at radius 1 is 1.00 bits per heavy atom. The summed E-state index contributed by atoms with van der Waals surface area (Å²) in [5, 5.41) is 0. The van der Waals surface area contributed by atoms with Crippen molar-refractivity contribution in [2.24, 2.45) is 5.73 Å². The number of nitrogens with zero attached hydrogens (tertiary/aromatic N) is 1. The highest BCUT2D eigenvalue weighted by Gasteiger charge is 2.33. The van der Waals surface area contributed by atoms with E-state index in [1.165, 1.54) is 45.1 Å². The van der Waals surface area contributed by atoms with Crippen LogP contribution in [0.2, 0.25) is 0 Å². The van der Waals surface area contributed by atoms with Gasteiger partial charge in [0.15, 0.2) is 0 Å². The summed E-state index contributed by atoms with van der Waals surface area (Å²) in [6.45, 7) is 7.91.